The number of halogens is 1. The number of pyridine rings is 2. The molecule has 35 heavy (non-hydrogen) atoms. The highest BCUT2D eigenvalue weighted by atomic mass is 79.9. The van der Waals surface area contributed by atoms with E-state index in [1.165, 1.54) is 0 Å². The van der Waals surface area contributed by atoms with Crippen molar-refractivity contribution >= 4 is 44.1 Å². The molecule has 8 heteroatoms. The molecular formula is C27H21BrN2O5. The Bertz CT molecular complexity index is 1630. The molecule has 7 nitrogen and oxygen atoms in total. The molecule has 0 unspecified atom stereocenters. The molecule has 1 aliphatic heterocycles. The topological polar surface area (TPSA) is 98.6 Å². The van der Waals surface area contributed by atoms with E-state index in [4.69, 9.17) is 23.5 Å². The van der Waals surface area contributed by atoms with Crippen LogP contribution >= 0.6 is 15.9 Å². The summed E-state index contributed by atoms with van der Waals surface area (Å²) in [6.45, 7) is 6.19. The molecule has 0 radical (unpaired) electrons. The van der Waals surface area contributed by atoms with E-state index in [1.807, 2.05) is 50.2 Å². The first-order valence-electron chi connectivity index (χ1n) is 11.2. The Balaban J connectivity index is 1.77. The molecule has 0 amide bonds. The lowest BCUT2D eigenvalue weighted by atomic mass is 9.88. The third-order valence-corrected chi connectivity index (χ3v) is 6.99. The zero-order valence-electron chi connectivity index (χ0n) is 19.3. The van der Waals surface area contributed by atoms with Gasteiger partial charge in [-0.05, 0) is 56.2 Å². The van der Waals surface area contributed by atoms with Gasteiger partial charge in [0, 0.05) is 22.0 Å². The second-order valence-electron chi connectivity index (χ2n) is 9.34. The van der Waals surface area contributed by atoms with Gasteiger partial charge in [0.05, 0.1) is 35.1 Å². The monoisotopic (exact) mass is 532 g/mol. The van der Waals surface area contributed by atoms with Crippen LogP contribution in [0.15, 0.2) is 56.0 Å². The minimum absolute atomic E-state index is 0.114. The molecular weight excluding hydrogens is 512 g/mol. The second-order valence-corrected chi connectivity index (χ2v) is 10.3. The highest BCUT2D eigenvalue weighted by Gasteiger charge is 2.34. The summed E-state index contributed by atoms with van der Waals surface area (Å²) >= 11 is 3.45. The second kappa shape index (κ2) is 7.76. The van der Waals surface area contributed by atoms with Gasteiger partial charge in [0.1, 0.15) is 11.2 Å². The van der Waals surface area contributed by atoms with Crippen molar-refractivity contribution in [3.8, 4) is 22.6 Å². The van der Waals surface area contributed by atoms with Crippen LogP contribution in [0.1, 0.15) is 41.0 Å². The van der Waals surface area contributed by atoms with E-state index in [2.05, 4.69) is 15.9 Å². The molecule has 1 aromatic carbocycles. The number of fused-ring (bicyclic) bond motifs is 5. The van der Waals surface area contributed by atoms with E-state index in [0.29, 0.717) is 52.6 Å². The number of ether oxygens (including phenoxy) is 1. The maximum atomic E-state index is 12.3. The predicted octanol–water partition coefficient (Wildman–Crippen LogP) is 6.92. The predicted molar refractivity (Wildman–Crippen MR) is 134 cm³/mol. The Hall–Kier alpha value is -3.49. The fraction of sp³-hybridized carbons (Fsp3) is 0.222. The van der Waals surface area contributed by atoms with Crippen LogP contribution in [0.3, 0.4) is 0 Å². The normalized spacial score (nSPS) is 15.0. The van der Waals surface area contributed by atoms with Gasteiger partial charge in [0.2, 0.25) is 5.71 Å². The lowest BCUT2D eigenvalue weighted by Gasteiger charge is -2.32. The van der Waals surface area contributed by atoms with Crippen molar-refractivity contribution in [1.82, 2.24) is 9.97 Å². The summed E-state index contributed by atoms with van der Waals surface area (Å²) in [6.07, 6.45) is 2.23. The fourth-order valence-electron chi connectivity index (χ4n) is 4.88. The van der Waals surface area contributed by atoms with E-state index < -0.39 is 11.6 Å². The minimum Gasteiger partial charge on any atom is -0.478 e. The Labute approximate surface area is 208 Å². The van der Waals surface area contributed by atoms with Gasteiger partial charge in [0.25, 0.3) is 0 Å². The van der Waals surface area contributed by atoms with Crippen LogP contribution in [0.4, 0.5) is 0 Å². The Morgan fingerprint density at radius 2 is 1.89 bits per heavy atom. The number of carboxylic acid groups (broad SMARTS) is 1. The Morgan fingerprint density at radius 1 is 1.11 bits per heavy atom. The maximum absolute atomic E-state index is 12.3. The van der Waals surface area contributed by atoms with Gasteiger partial charge in [-0.3, -0.25) is 0 Å². The third-order valence-electron chi connectivity index (χ3n) is 6.46. The van der Waals surface area contributed by atoms with Crippen LogP contribution in [-0.4, -0.2) is 26.6 Å². The van der Waals surface area contributed by atoms with E-state index in [1.54, 1.807) is 13.2 Å². The molecule has 1 aliphatic rings. The molecule has 1 N–H and O–H groups in total. The van der Waals surface area contributed by atoms with Crippen molar-refractivity contribution in [3.05, 3.63) is 69.5 Å². The lowest BCUT2D eigenvalue weighted by molar-refractivity contribution is -0.0395. The molecule has 4 aromatic heterocycles. The molecule has 0 saturated carbocycles. The van der Waals surface area contributed by atoms with Gasteiger partial charge in [-0.25, -0.2) is 14.8 Å². The Kier molecular flexibility index (Phi) is 4.88. The SMILES string of the molecule is Cc1nc2c(oc3nc(-c4ccco4)c4c(c32)CC(C)(C)OC4)c(-c2ccc(Br)cc2)c1C(=O)O. The average molecular weight is 533 g/mol. The van der Waals surface area contributed by atoms with Crippen LogP contribution in [0.2, 0.25) is 0 Å². The quantitative estimate of drug-likeness (QED) is 0.269. The highest BCUT2D eigenvalue weighted by Crippen LogP contribution is 2.44. The van der Waals surface area contributed by atoms with E-state index in [9.17, 15) is 9.90 Å². The van der Waals surface area contributed by atoms with Crippen molar-refractivity contribution in [1.29, 1.82) is 0 Å². The molecule has 0 aliphatic carbocycles. The summed E-state index contributed by atoms with van der Waals surface area (Å²) in [5, 5.41) is 10.9. The number of aromatic nitrogens is 2. The summed E-state index contributed by atoms with van der Waals surface area (Å²) < 4.78 is 19.1. The molecule has 6 rings (SSSR count). The van der Waals surface area contributed by atoms with E-state index in [-0.39, 0.29) is 5.56 Å². The van der Waals surface area contributed by atoms with E-state index in [0.717, 1.165) is 26.5 Å². The number of carbonyl (C=O) groups is 1. The number of benzene rings is 1. The number of carboxylic acids is 1. The zero-order valence-corrected chi connectivity index (χ0v) is 20.9. The van der Waals surface area contributed by atoms with Crippen LogP contribution in [0.5, 0.6) is 0 Å². The summed E-state index contributed by atoms with van der Waals surface area (Å²) in [6, 6.07) is 11.2. The molecule has 0 saturated heterocycles. The smallest absolute Gasteiger partial charge is 0.338 e. The number of hydrogen-bond acceptors (Lipinski definition) is 6. The van der Waals surface area contributed by atoms with Crippen molar-refractivity contribution in [2.75, 3.05) is 0 Å². The van der Waals surface area contributed by atoms with Crippen molar-refractivity contribution in [2.45, 2.75) is 39.4 Å². The summed E-state index contributed by atoms with van der Waals surface area (Å²) in [7, 11) is 0. The molecule has 0 spiro atoms. The highest BCUT2D eigenvalue weighted by molar-refractivity contribution is 9.10. The molecule has 0 atom stereocenters. The average Bonchev–Trinajstić information content (AvgIpc) is 3.45. The summed E-state index contributed by atoms with van der Waals surface area (Å²) in [4.78, 5) is 21.9. The first-order valence-corrected chi connectivity index (χ1v) is 12.0. The maximum Gasteiger partial charge on any atom is 0.338 e. The van der Waals surface area contributed by atoms with Crippen LogP contribution in [0, 0.1) is 6.92 Å². The molecule has 5 aromatic rings. The molecule has 0 fully saturated rings. The van der Waals surface area contributed by atoms with Crippen molar-refractivity contribution in [2.24, 2.45) is 0 Å². The van der Waals surface area contributed by atoms with Gasteiger partial charge in [-0.2, -0.15) is 0 Å². The van der Waals surface area contributed by atoms with Crippen LogP contribution < -0.4 is 0 Å². The van der Waals surface area contributed by atoms with Crippen molar-refractivity contribution < 1.29 is 23.5 Å². The zero-order chi connectivity index (χ0) is 24.5. The molecule has 0 bridgehead atoms. The first-order chi connectivity index (χ1) is 16.7. The van der Waals surface area contributed by atoms with Crippen LogP contribution in [0.25, 0.3) is 44.8 Å². The number of nitrogens with zero attached hydrogens (tertiary/aromatic N) is 2. The van der Waals surface area contributed by atoms with Crippen molar-refractivity contribution in [3.63, 3.8) is 0 Å². The molecule has 5 heterocycles. The number of aryl methyl sites for hydroxylation is 1. The number of furan rings is 2. The summed E-state index contributed by atoms with van der Waals surface area (Å²) in [5.74, 6) is -0.438. The van der Waals surface area contributed by atoms with Crippen LogP contribution in [-0.2, 0) is 17.8 Å². The van der Waals surface area contributed by atoms with Gasteiger partial charge >= 0.3 is 5.97 Å². The lowest BCUT2D eigenvalue weighted by Crippen LogP contribution is -2.32. The first kappa shape index (κ1) is 22.0. The molecule has 176 valence electrons. The largest absolute Gasteiger partial charge is 0.478 e. The minimum atomic E-state index is -1.06. The van der Waals surface area contributed by atoms with E-state index >= 15 is 0 Å². The Morgan fingerprint density at radius 3 is 2.57 bits per heavy atom. The fourth-order valence-corrected chi connectivity index (χ4v) is 5.15. The van der Waals surface area contributed by atoms with Gasteiger partial charge in [-0.1, -0.05) is 28.1 Å². The van der Waals surface area contributed by atoms with Gasteiger partial charge in [0.15, 0.2) is 11.3 Å². The third kappa shape index (κ3) is 3.47. The number of hydrogen-bond donors (Lipinski definition) is 1. The standard InChI is InChI=1S/C27H21BrN2O5/c1-13-19(26(31)32)20(14-6-8-15(28)9-7-14)24-23(29-13)21-16-11-27(2,3)34-12-17(16)22(30-25(21)35-24)18-5-4-10-33-18/h4-10H,11-12H2,1-3H3,(H,31,32). The number of aromatic carboxylic acids is 1. The summed E-state index contributed by atoms with van der Waals surface area (Å²) in [5.41, 5.74) is 5.39. The van der Waals surface area contributed by atoms with Gasteiger partial charge in [-0.15, -0.1) is 0 Å². The van der Waals surface area contributed by atoms with Gasteiger partial charge < -0.3 is 18.7 Å². The number of rotatable bonds is 3.